The van der Waals surface area contributed by atoms with E-state index in [1.807, 2.05) is 52.0 Å². The maximum Gasteiger partial charge on any atom is 0.329 e. The van der Waals surface area contributed by atoms with Gasteiger partial charge >= 0.3 is 11.8 Å². The fraction of sp³-hybridized carbons (Fsp3) is 0.185. The number of anilines is 2. The van der Waals surface area contributed by atoms with Crippen LogP contribution in [-0.2, 0) is 14.4 Å². The van der Waals surface area contributed by atoms with Gasteiger partial charge in [0.05, 0.1) is 6.21 Å². The van der Waals surface area contributed by atoms with Gasteiger partial charge in [-0.25, -0.2) is 5.43 Å². The van der Waals surface area contributed by atoms with Crippen molar-refractivity contribution in [2.24, 2.45) is 5.10 Å². The maximum absolute atomic E-state index is 12.2. The number of benzene rings is 3. The summed E-state index contributed by atoms with van der Waals surface area (Å²) in [6.07, 6.45) is 1.38. The lowest BCUT2D eigenvalue weighted by molar-refractivity contribution is -0.136. The molecule has 0 heterocycles. The van der Waals surface area contributed by atoms with Gasteiger partial charge in [-0.05, 0) is 80.3 Å². The molecular weight excluding hydrogens is 444 g/mol. The number of hydrazone groups is 1. The van der Waals surface area contributed by atoms with Gasteiger partial charge in [0, 0.05) is 11.4 Å². The zero-order valence-corrected chi connectivity index (χ0v) is 20.1. The van der Waals surface area contributed by atoms with E-state index >= 15 is 0 Å². The van der Waals surface area contributed by atoms with Crippen LogP contribution in [0.4, 0.5) is 11.4 Å². The highest BCUT2D eigenvalue weighted by atomic mass is 16.5. The van der Waals surface area contributed by atoms with Crippen molar-refractivity contribution in [2.75, 3.05) is 17.2 Å². The molecule has 0 bridgehead atoms. The van der Waals surface area contributed by atoms with Crippen LogP contribution in [0, 0.1) is 27.7 Å². The molecule has 8 nitrogen and oxygen atoms in total. The highest BCUT2D eigenvalue weighted by Gasteiger charge is 2.13. The molecule has 180 valence electrons. The largest absolute Gasteiger partial charge is 0.484 e. The van der Waals surface area contributed by atoms with Gasteiger partial charge in [0.25, 0.3) is 5.91 Å². The van der Waals surface area contributed by atoms with E-state index in [1.165, 1.54) is 6.21 Å². The summed E-state index contributed by atoms with van der Waals surface area (Å²) in [5.41, 5.74) is 8.27. The second kappa shape index (κ2) is 11.6. The summed E-state index contributed by atoms with van der Waals surface area (Å²) < 4.78 is 5.57. The van der Waals surface area contributed by atoms with E-state index in [2.05, 4.69) is 21.2 Å². The molecule has 0 aromatic heterocycles. The van der Waals surface area contributed by atoms with Crippen molar-refractivity contribution < 1.29 is 19.1 Å². The number of nitrogens with zero attached hydrogens (tertiary/aromatic N) is 1. The molecule has 0 atom stereocenters. The molecule has 0 aliphatic heterocycles. The van der Waals surface area contributed by atoms with Crippen LogP contribution in [0.3, 0.4) is 0 Å². The van der Waals surface area contributed by atoms with Crippen molar-refractivity contribution in [3.8, 4) is 5.75 Å². The number of carbonyl (C=O) groups excluding carboxylic acids is 3. The molecule has 0 fully saturated rings. The van der Waals surface area contributed by atoms with E-state index in [4.69, 9.17) is 4.74 Å². The summed E-state index contributed by atoms with van der Waals surface area (Å²) >= 11 is 0. The molecule has 8 heteroatoms. The van der Waals surface area contributed by atoms with Crippen LogP contribution in [-0.4, -0.2) is 30.5 Å². The molecule has 0 radical (unpaired) electrons. The first-order valence-corrected chi connectivity index (χ1v) is 11.0. The second-order valence-corrected chi connectivity index (χ2v) is 8.18. The molecule has 0 saturated heterocycles. The average Bonchev–Trinajstić information content (AvgIpc) is 2.82. The maximum atomic E-state index is 12.2. The highest BCUT2D eigenvalue weighted by Crippen LogP contribution is 2.17. The van der Waals surface area contributed by atoms with E-state index in [9.17, 15) is 14.4 Å². The molecule has 0 aliphatic carbocycles. The number of hydrogen-bond acceptors (Lipinski definition) is 5. The summed E-state index contributed by atoms with van der Waals surface area (Å²) in [7, 11) is 0. The summed E-state index contributed by atoms with van der Waals surface area (Å²) in [6, 6.07) is 18.0. The van der Waals surface area contributed by atoms with Crippen LogP contribution < -0.4 is 20.8 Å². The average molecular weight is 473 g/mol. The van der Waals surface area contributed by atoms with Crippen LogP contribution in [0.25, 0.3) is 0 Å². The number of carbonyl (C=O) groups is 3. The van der Waals surface area contributed by atoms with Crippen molar-refractivity contribution >= 4 is 35.3 Å². The Morgan fingerprint density at radius 2 is 1.63 bits per heavy atom. The lowest BCUT2D eigenvalue weighted by Crippen LogP contribution is -2.32. The fourth-order valence-corrected chi connectivity index (χ4v) is 3.20. The third-order valence-electron chi connectivity index (χ3n) is 5.23. The molecule has 0 spiro atoms. The van der Waals surface area contributed by atoms with E-state index < -0.39 is 11.8 Å². The molecule has 0 saturated carbocycles. The molecule has 35 heavy (non-hydrogen) atoms. The summed E-state index contributed by atoms with van der Waals surface area (Å²) in [5.74, 6) is -1.53. The Balaban J connectivity index is 1.49. The molecule has 3 aromatic carbocycles. The van der Waals surface area contributed by atoms with Crippen LogP contribution in [0.5, 0.6) is 5.75 Å². The number of rotatable bonds is 7. The molecule has 3 aromatic rings. The Bertz CT molecular complexity index is 1280. The topological polar surface area (TPSA) is 109 Å². The first kappa shape index (κ1) is 25.2. The van der Waals surface area contributed by atoms with Crippen LogP contribution >= 0.6 is 0 Å². The zero-order valence-electron chi connectivity index (χ0n) is 20.1. The monoisotopic (exact) mass is 472 g/mol. The molecule has 0 aliphatic rings. The van der Waals surface area contributed by atoms with Crippen LogP contribution in [0.15, 0.2) is 65.8 Å². The molecular formula is C27H28N4O4. The highest BCUT2D eigenvalue weighted by molar-refractivity contribution is 6.39. The van der Waals surface area contributed by atoms with E-state index in [0.29, 0.717) is 17.0 Å². The van der Waals surface area contributed by atoms with Gasteiger partial charge < -0.3 is 15.4 Å². The molecule has 0 unspecified atom stereocenters. The lowest BCUT2D eigenvalue weighted by atomic mass is 10.1. The zero-order chi connectivity index (χ0) is 25.4. The van der Waals surface area contributed by atoms with Crippen molar-refractivity contribution in [1.82, 2.24) is 5.43 Å². The van der Waals surface area contributed by atoms with E-state index in [-0.39, 0.29) is 12.5 Å². The Kier molecular flexibility index (Phi) is 8.34. The summed E-state index contributed by atoms with van der Waals surface area (Å²) in [4.78, 5) is 36.3. The third-order valence-corrected chi connectivity index (χ3v) is 5.23. The fourth-order valence-electron chi connectivity index (χ4n) is 3.20. The van der Waals surface area contributed by atoms with Gasteiger partial charge in [-0.3, -0.25) is 14.4 Å². The van der Waals surface area contributed by atoms with Crippen LogP contribution in [0.1, 0.15) is 27.8 Å². The molecule has 3 rings (SSSR count). The predicted octanol–water partition coefficient (Wildman–Crippen LogP) is 4.03. The normalized spacial score (nSPS) is 10.6. The van der Waals surface area contributed by atoms with E-state index in [1.54, 1.807) is 36.4 Å². The van der Waals surface area contributed by atoms with Crippen molar-refractivity contribution in [3.05, 3.63) is 88.5 Å². The van der Waals surface area contributed by atoms with Gasteiger partial charge in [-0.1, -0.05) is 35.9 Å². The summed E-state index contributed by atoms with van der Waals surface area (Å²) in [6.45, 7) is 7.64. The predicted molar refractivity (Wildman–Crippen MR) is 137 cm³/mol. The Labute approximate surface area is 204 Å². The molecule has 3 N–H and O–H groups in total. The third kappa shape index (κ3) is 7.53. The number of hydrogen-bond donors (Lipinski definition) is 3. The van der Waals surface area contributed by atoms with Gasteiger partial charge in [0.2, 0.25) is 0 Å². The first-order valence-electron chi connectivity index (χ1n) is 11.0. The number of nitrogens with one attached hydrogen (secondary N) is 3. The minimum Gasteiger partial charge on any atom is -0.484 e. The smallest absolute Gasteiger partial charge is 0.329 e. The van der Waals surface area contributed by atoms with Gasteiger partial charge in [-0.15, -0.1) is 0 Å². The Morgan fingerprint density at radius 1 is 0.829 bits per heavy atom. The minimum absolute atomic E-state index is 0.163. The summed E-state index contributed by atoms with van der Waals surface area (Å²) in [5, 5.41) is 9.19. The quantitative estimate of drug-likeness (QED) is 0.274. The van der Waals surface area contributed by atoms with Crippen molar-refractivity contribution in [1.29, 1.82) is 0 Å². The van der Waals surface area contributed by atoms with Crippen molar-refractivity contribution in [2.45, 2.75) is 27.7 Å². The standard InChI is InChI=1S/C27H28N4O4/c1-17-8-11-24(20(4)12-17)30-25(32)16-35-23-7-5-6-21(14-23)15-28-31-27(34)26(33)29-22-10-9-18(2)19(3)13-22/h5-15H,16H2,1-4H3,(H,29,33)(H,30,32)(H,31,34)/b28-15-. The van der Waals surface area contributed by atoms with Gasteiger partial charge in [-0.2, -0.15) is 5.10 Å². The second-order valence-electron chi connectivity index (χ2n) is 8.18. The minimum atomic E-state index is -0.894. The van der Waals surface area contributed by atoms with E-state index in [0.717, 1.165) is 27.9 Å². The lowest BCUT2D eigenvalue weighted by Gasteiger charge is -2.10. The molecule has 3 amide bonds. The Morgan fingerprint density at radius 3 is 2.37 bits per heavy atom. The van der Waals surface area contributed by atoms with Gasteiger partial charge in [0.1, 0.15) is 5.75 Å². The first-order chi connectivity index (χ1) is 16.7. The van der Waals surface area contributed by atoms with Crippen molar-refractivity contribution in [3.63, 3.8) is 0 Å². The SMILES string of the molecule is Cc1ccc(NC(=O)COc2cccc(/C=N\NC(=O)C(=O)Nc3ccc(C)c(C)c3)c2)c(C)c1. The van der Waals surface area contributed by atoms with Crippen LogP contribution in [0.2, 0.25) is 0 Å². The number of ether oxygens (including phenoxy) is 1. The number of amides is 3. The van der Waals surface area contributed by atoms with Gasteiger partial charge in [0.15, 0.2) is 6.61 Å². The number of aryl methyl sites for hydroxylation is 4. The Hall–Kier alpha value is -4.46.